The van der Waals surface area contributed by atoms with Crippen LogP contribution >= 0.6 is 0 Å². The molecule has 1 saturated heterocycles. The average Bonchev–Trinajstić information content (AvgIpc) is 3.11. The molecule has 21 heavy (non-hydrogen) atoms. The van der Waals surface area contributed by atoms with E-state index in [0.29, 0.717) is 6.04 Å². The van der Waals surface area contributed by atoms with Crippen LogP contribution in [0.1, 0.15) is 56.7 Å². The smallest absolute Gasteiger partial charge is 0.0449 e. The monoisotopic (exact) mass is 286 g/mol. The standard InChI is InChI=1S/C19H30N2/c1-3-5-15-6-9-17(10-7-15)19(20-4-2)14-21-13-16-8-11-18(21)12-16/h6-7,9-10,16,18-20H,3-5,8,11-14H2,1-2H3. The zero-order chi connectivity index (χ0) is 14.7. The highest BCUT2D eigenvalue weighted by Crippen LogP contribution is 2.38. The van der Waals surface area contributed by atoms with E-state index in [2.05, 4.69) is 48.3 Å². The molecule has 2 nitrogen and oxygen atoms in total. The van der Waals surface area contributed by atoms with Crippen molar-refractivity contribution in [1.29, 1.82) is 0 Å². The van der Waals surface area contributed by atoms with Crippen molar-refractivity contribution in [3.8, 4) is 0 Å². The first-order chi connectivity index (χ1) is 10.3. The van der Waals surface area contributed by atoms with Crippen molar-refractivity contribution in [1.82, 2.24) is 10.2 Å². The highest BCUT2D eigenvalue weighted by atomic mass is 15.2. The second-order valence-corrected chi connectivity index (χ2v) is 6.89. The van der Waals surface area contributed by atoms with Crippen LogP contribution in [-0.2, 0) is 6.42 Å². The van der Waals surface area contributed by atoms with E-state index in [4.69, 9.17) is 0 Å². The largest absolute Gasteiger partial charge is 0.309 e. The summed E-state index contributed by atoms with van der Waals surface area (Å²) in [5, 5.41) is 3.70. The first-order valence-corrected chi connectivity index (χ1v) is 8.86. The molecule has 1 aromatic carbocycles. The molecule has 2 heteroatoms. The van der Waals surface area contributed by atoms with E-state index in [0.717, 1.165) is 18.5 Å². The third-order valence-electron chi connectivity index (χ3n) is 5.31. The first kappa shape index (κ1) is 15.1. The minimum absolute atomic E-state index is 0.491. The molecule has 1 aromatic rings. The number of rotatable bonds is 7. The number of aryl methyl sites for hydroxylation is 1. The summed E-state index contributed by atoms with van der Waals surface area (Å²) in [5.41, 5.74) is 2.93. The molecule has 3 atom stereocenters. The second-order valence-electron chi connectivity index (χ2n) is 6.89. The van der Waals surface area contributed by atoms with E-state index in [1.165, 1.54) is 56.3 Å². The Morgan fingerprint density at radius 3 is 2.57 bits per heavy atom. The van der Waals surface area contributed by atoms with E-state index < -0.39 is 0 Å². The number of nitrogens with one attached hydrogen (secondary N) is 1. The molecule has 0 amide bonds. The van der Waals surface area contributed by atoms with Crippen LogP contribution in [0, 0.1) is 5.92 Å². The lowest BCUT2D eigenvalue weighted by molar-refractivity contribution is 0.192. The van der Waals surface area contributed by atoms with Crippen LogP contribution in [0.3, 0.4) is 0 Å². The molecule has 2 fully saturated rings. The fourth-order valence-corrected chi connectivity index (χ4v) is 4.22. The molecule has 1 aliphatic carbocycles. The maximum Gasteiger partial charge on any atom is 0.0449 e. The van der Waals surface area contributed by atoms with E-state index in [1.54, 1.807) is 0 Å². The Morgan fingerprint density at radius 2 is 2.00 bits per heavy atom. The molecule has 1 N–H and O–H groups in total. The number of benzene rings is 1. The molecule has 3 rings (SSSR count). The van der Waals surface area contributed by atoms with Crippen LogP contribution < -0.4 is 5.32 Å². The third-order valence-corrected chi connectivity index (χ3v) is 5.31. The maximum atomic E-state index is 3.70. The lowest BCUT2D eigenvalue weighted by atomic mass is 10.0. The molecule has 0 aromatic heterocycles. The Balaban J connectivity index is 1.65. The van der Waals surface area contributed by atoms with Gasteiger partial charge < -0.3 is 5.32 Å². The Bertz CT molecular complexity index is 439. The van der Waals surface area contributed by atoms with Crippen LogP contribution in [0.5, 0.6) is 0 Å². The van der Waals surface area contributed by atoms with Gasteiger partial charge in [0.15, 0.2) is 0 Å². The molecule has 0 spiro atoms. The van der Waals surface area contributed by atoms with Gasteiger partial charge in [0.25, 0.3) is 0 Å². The normalized spacial score (nSPS) is 26.4. The lowest BCUT2D eigenvalue weighted by Gasteiger charge is -2.31. The summed E-state index contributed by atoms with van der Waals surface area (Å²) in [6.07, 6.45) is 6.78. The third kappa shape index (κ3) is 3.49. The Morgan fingerprint density at radius 1 is 1.19 bits per heavy atom. The number of hydrogen-bond acceptors (Lipinski definition) is 2. The Labute approximate surface area is 129 Å². The van der Waals surface area contributed by atoms with E-state index in [1.807, 2.05) is 0 Å². The fourth-order valence-electron chi connectivity index (χ4n) is 4.22. The summed E-state index contributed by atoms with van der Waals surface area (Å²) in [6, 6.07) is 10.7. The molecule has 2 aliphatic rings. The van der Waals surface area contributed by atoms with Crippen LogP contribution in [0.15, 0.2) is 24.3 Å². The van der Waals surface area contributed by atoms with Crippen molar-refractivity contribution in [3.05, 3.63) is 35.4 Å². The van der Waals surface area contributed by atoms with E-state index in [-0.39, 0.29) is 0 Å². The highest BCUT2D eigenvalue weighted by molar-refractivity contribution is 5.25. The van der Waals surface area contributed by atoms with E-state index in [9.17, 15) is 0 Å². The van der Waals surface area contributed by atoms with Crippen molar-refractivity contribution in [3.63, 3.8) is 0 Å². The maximum absolute atomic E-state index is 3.70. The molecule has 1 saturated carbocycles. The van der Waals surface area contributed by atoms with Gasteiger partial charge in [-0.3, -0.25) is 4.90 Å². The Hall–Kier alpha value is -0.860. The lowest BCUT2D eigenvalue weighted by Crippen LogP contribution is -2.39. The number of likely N-dealkylation sites (N-methyl/N-ethyl adjacent to an activating group) is 1. The summed E-state index contributed by atoms with van der Waals surface area (Å²) in [4.78, 5) is 2.74. The van der Waals surface area contributed by atoms with Crippen LogP contribution in [-0.4, -0.2) is 30.6 Å². The molecule has 116 valence electrons. The predicted molar refractivity (Wildman–Crippen MR) is 89.6 cm³/mol. The molecular formula is C19H30N2. The number of likely N-dealkylation sites (tertiary alicyclic amines) is 1. The summed E-state index contributed by atoms with van der Waals surface area (Å²) in [5.74, 6) is 0.990. The van der Waals surface area contributed by atoms with Gasteiger partial charge in [-0.05, 0) is 49.3 Å². The summed E-state index contributed by atoms with van der Waals surface area (Å²) in [7, 11) is 0. The zero-order valence-electron chi connectivity index (χ0n) is 13.6. The van der Waals surface area contributed by atoms with Gasteiger partial charge in [-0.1, -0.05) is 44.5 Å². The van der Waals surface area contributed by atoms with Gasteiger partial charge in [0.2, 0.25) is 0 Å². The molecule has 2 bridgehead atoms. The topological polar surface area (TPSA) is 15.3 Å². The number of fused-ring (bicyclic) bond motifs is 2. The Kier molecular flexibility index (Phi) is 4.97. The van der Waals surface area contributed by atoms with Gasteiger partial charge in [0.05, 0.1) is 0 Å². The van der Waals surface area contributed by atoms with Crippen LogP contribution in [0.2, 0.25) is 0 Å². The van der Waals surface area contributed by atoms with E-state index >= 15 is 0 Å². The van der Waals surface area contributed by atoms with Gasteiger partial charge in [-0.25, -0.2) is 0 Å². The van der Waals surface area contributed by atoms with Crippen molar-refractivity contribution in [2.75, 3.05) is 19.6 Å². The van der Waals surface area contributed by atoms with Crippen molar-refractivity contribution < 1.29 is 0 Å². The minimum Gasteiger partial charge on any atom is -0.309 e. The minimum atomic E-state index is 0.491. The molecule has 1 heterocycles. The van der Waals surface area contributed by atoms with Gasteiger partial charge in [-0.15, -0.1) is 0 Å². The predicted octanol–water partition coefficient (Wildman–Crippen LogP) is 3.77. The molecule has 1 aliphatic heterocycles. The van der Waals surface area contributed by atoms with Gasteiger partial charge >= 0.3 is 0 Å². The molecule has 3 unspecified atom stereocenters. The molecular weight excluding hydrogens is 256 g/mol. The number of piperidine rings is 1. The van der Waals surface area contributed by atoms with Crippen LogP contribution in [0.25, 0.3) is 0 Å². The second kappa shape index (κ2) is 6.93. The highest BCUT2D eigenvalue weighted by Gasteiger charge is 2.38. The molecule has 0 radical (unpaired) electrons. The first-order valence-electron chi connectivity index (χ1n) is 8.86. The van der Waals surface area contributed by atoms with Crippen molar-refractivity contribution in [2.24, 2.45) is 5.92 Å². The summed E-state index contributed by atoms with van der Waals surface area (Å²) < 4.78 is 0. The zero-order valence-corrected chi connectivity index (χ0v) is 13.6. The number of hydrogen-bond donors (Lipinski definition) is 1. The summed E-state index contributed by atoms with van der Waals surface area (Å²) >= 11 is 0. The van der Waals surface area contributed by atoms with Crippen molar-refractivity contribution in [2.45, 2.75) is 58.0 Å². The average molecular weight is 286 g/mol. The van der Waals surface area contributed by atoms with Crippen LogP contribution in [0.4, 0.5) is 0 Å². The van der Waals surface area contributed by atoms with Gasteiger partial charge in [0, 0.05) is 25.2 Å². The quantitative estimate of drug-likeness (QED) is 0.821. The van der Waals surface area contributed by atoms with Gasteiger partial charge in [-0.2, -0.15) is 0 Å². The summed E-state index contributed by atoms with van der Waals surface area (Å²) in [6.45, 7) is 8.03. The van der Waals surface area contributed by atoms with Gasteiger partial charge in [0.1, 0.15) is 0 Å². The number of nitrogens with zero attached hydrogens (tertiary/aromatic N) is 1. The van der Waals surface area contributed by atoms with Crippen molar-refractivity contribution >= 4 is 0 Å². The fraction of sp³-hybridized carbons (Fsp3) is 0.684. The SMILES string of the molecule is CCCc1ccc(C(CN2CC3CCC2C3)NCC)cc1.